The second kappa shape index (κ2) is 8.91. The summed E-state index contributed by atoms with van der Waals surface area (Å²) in [5.74, 6) is -0.181. The Bertz CT molecular complexity index is 973. The molecule has 3 N–H and O–H groups in total. The van der Waals surface area contributed by atoms with Crippen LogP contribution in [-0.4, -0.2) is 22.0 Å². The van der Waals surface area contributed by atoms with Crippen molar-refractivity contribution in [3.8, 4) is 0 Å². The molecule has 0 fully saturated rings. The van der Waals surface area contributed by atoms with Gasteiger partial charge < -0.3 is 10.6 Å². The lowest BCUT2D eigenvalue weighted by Gasteiger charge is -2.26. The number of nitrogen functional groups attached to an aromatic ring is 1. The first-order valence-corrected chi connectivity index (χ1v) is 9.69. The van der Waals surface area contributed by atoms with Crippen molar-refractivity contribution in [3.05, 3.63) is 55.7 Å². The lowest BCUT2D eigenvalue weighted by molar-refractivity contribution is 0.0983. The van der Waals surface area contributed by atoms with Gasteiger partial charge in [0.15, 0.2) is 5.69 Å². The van der Waals surface area contributed by atoms with Crippen molar-refractivity contribution in [2.24, 2.45) is 5.92 Å². The number of aryl methyl sites for hydroxylation is 2. The van der Waals surface area contributed by atoms with Crippen LogP contribution in [0, 0.1) is 19.8 Å². The van der Waals surface area contributed by atoms with Crippen LogP contribution in [0.1, 0.15) is 55.1 Å². The van der Waals surface area contributed by atoms with Crippen molar-refractivity contribution < 1.29 is 4.79 Å². The van der Waals surface area contributed by atoms with Gasteiger partial charge in [0.25, 0.3) is 11.5 Å². The predicted molar refractivity (Wildman–Crippen MR) is 113 cm³/mol. The molecule has 1 aromatic heterocycles. The largest absolute Gasteiger partial charge is 0.383 e. The number of hydrogen-bond acceptors (Lipinski definition) is 4. The zero-order chi connectivity index (χ0) is 21.0. The second-order valence-electron chi connectivity index (χ2n) is 7.61. The summed E-state index contributed by atoms with van der Waals surface area (Å²) in [6.07, 6.45) is 1.61. The summed E-state index contributed by atoms with van der Waals surface area (Å²) in [7, 11) is 0. The number of unbranched alkanes of at least 4 members (excludes halogenated alkanes) is 1. The molecule has 1 amide bonds. The van der Waals surface area contributed by atoms with E-state index in [4.69, 9.17) is 5.73 Å². The number of benzene rings is 1. The molecule has 0 saturated heterocycles. The Labute approximate surface area is 165 Å². The number of hydrogen-bond donors (Lipinski definition) is 2. The third kappa shape index (κ3) is 4.52. The van der Waals surface area contributed by atoms with Crippen LogP contribution in [0.3, 0.4) is 0 Å². The van der Waals surface area contributed by atoms with Gasteiger partial charge in [-0.15, -0.1) is 0 Å². The topological polar surface area (TPSA) is 101 Å². The number of aromatic nitrogens is 2. The van der Waals surface area contributed by atoms with Crippen LogP contribution in [-0.2, 0) is 6.54 Å². The van der Waals surface area contributed by atoms with Gasteiger partial charge in [0.05, 0.1) is 0 Å². The zero-order valence-corrected chi connectivity index (χ0v) is 17.3. The molecule has 152 valence electrons. The van der Waals surface area contributed by atoms with Crippen LogP contribution in [0.2, 0.25) is 0 Å². The fourth-order valence-corrected chi connectivity index (χ4v) is 3.05. The number of aromatic amines is 1. The summed E-state index contributed by atoms with van der Waals surface area (Å²) in [6, 6.07) is 5.43. The Morgan fingerprint density at radius 1 is 1.21 bits per heavy atom. The summed E-state index contributed by atoms with van der Waals surface area (Å²) >= 11 is 0. The SMILES string of the molecule is CCCCn1c(N)c(N(CC(C)C)C(=O)c2ccc(C)c(C)c2)c(=O)[nH]c1=O. The molecule has 1 heterocycles. The van der Waals surface area contributed by atoms with E-state index < -0.39 is 11.2 Å². The van der Waals surface area contributed by atoms with Crippen molar-refractivity contribution in [3.63, 3.8) is 0 Å². The second-order valence-corrected chi connectivity index (χ2v) is 7.61. The summed E-state index contributed by atoms with van der Waals surface area (Å²) < 4.78 is 1.33. The molecule has 0 atom stereocenters. The Morgan fingerprint density at radius 2 is 1.89 bits per heavy atom. The number of rotatable bonds is 7. The first kappa shape index (κ1) is 21.5. The third-order valence-corrected chi connectivity index (χ3v) is 4.77. The summed E-state index contributed by atoms with van der Waals surface area (Å²) in [6.45, 7) is 10.5. The van der Waals surface area contributed by atoms with Gasteiger partial charge >= 0.3 is 5.69 Å². The molecule has 0 bridgehead atoms. The van der Waals surface area contributed by atoms with Gasteiger partial charge in [0, 0.05) is 18.7 Å². The van der Waals surface area contributed by atoms with E-state index in [0.29, 0.717) is 18.7 Å². The van der Waals surface area contributed by atoms with Gasteiger partial charge in [-0.25, -0.2) is 4.79 Å². The van der Waals surface area contributed by atoms with Gasteiger partial charge in [-0.2, -0.15) is 0 Å². The monoisotopic (exact) mass is 386 g/mol. The van der Waals surface area contributed by atoms with Crippen LogP contribution in [0.15, 0.2) is 27.8 Å². The lowest BCUT2D eigenvalue weighted by Crippen LogP contribution is -2.42. The highest BCUT2D eigenvalue weighted by Gasteiger charge is 2.26. The maximum absolute atomic E-state index is 13.3. The summed E-state index contributed by atoms with van der Waals surface area (Å²) in [5, 5.41) is 0. The van der Waals surface area contributed by atoms with E-state index in [0.717, 1.165) is 24.0 Å². The molecule has 1 aromatic carbocycles. The lowest BCUT2D eigenvalue weighted by atomic mass is 10.0. The molecule has 2 rings (SSSR count). The minimum atomic E-state index is -0.645. The van der Waals surface area contributed by atoms with Crippen molar-refractivity contribution in [1.29, 1.82) is 0 Å². The number of nitrogens with one attached hydrogen (secondary N) is 1. The van der Waals surface area contributed by atoms with Crippen LogP contribution < -0.4 is 21.9 Å². The van der Waals surface area contributed by atoms with Crippen molar-refractivity contribution in [1.82, 2.24) is 9.55 Å². The zero-order valence-electron chi connectivity index (χ0n) is 17.3. The molecule has 0 unspecified atom stereocenters. The van der Waals surface area contributed by atoms with E-state index >= 15 is 0 Å². The minimum Gasteiger partial charge on any atom is -0.383 e. The number of nitrogens with zero attached hydrogens (tertiary/aromatic N) is 2. The van der Waals surface area contributed by atoms with Gasteiger partial charge in [0.1, 0.15) is 5.82 Å². The normalized spacial score (nSPS) is 11.1. The number of H-pyrrole nitrogens is 1. The molecule has 0 aliphatic rings. The molecule has 0 spiro atoms. The fourth-order valence-electron chi connectivity index (χ4n) is 3.05. The summed E-state index contributed by atoms with van der Waals surface area (Å²) in [5.41, 5.74) is 7.61. The van der Waals surface area contributed by atoms with Crippen molar-refractivity contribution >= 4 is 17.4 Å². The van der Waals surface area contributed by atoms with Crippen LogP contribution in [0.5, 0.6) is 0 Å². The molecule has 2 aromatic rings. The Hall–Kier alpha value is -2.83. The minimum absolute atomic E-state index is 0.0278. The average Bonchev–Trinajstić information content (AvgIpc) is 2.62. The molecular weight excluding hydrogens is 356 g/mol. The maximum Gasteiger partial charge on any atom is 0.330 e. The molecule has 7 heteroatoms. The molecule has 0 saturated carbocycles. The molecule has 0 radical (unpaired) electrons. The Morgan fingerprint density at radius 3 is 2.46 bits per heavy atom. The molecular formula is C21H30N4O3. The van der Waals surface area contributed by atoms with Crippen LogP contribution >= 0.6 is 0 Å². The number of anilines is 2. The Balaban J connectivity index is 2.62. The van der Waals surface area contributed by atoms with Gasteiger partial charge in [-0.05, 0) is 49.4 Å². The van der Waals surface area contributed by atoms with Gasteiger partial charge in [-0.3, -0.25) is 19.1 Å². The molecule has 7 nitrogen and oxygen atoms in total. The highest BCUT2D eigenvalue weighted by atomic mass is 16.2. The Kier molecular flexibility index (Phi) is 6.83. The molecule has 0 aliphatic carbocycles. The predicted octanol–water partition coefficient (Wildman–Crippen LogP) is 2.84. The fraction of sp³-hybridized carbons (Fsp3) is 0.476. The van der Waals surface area contributed by atoms with Gasteiger partial charge in [0.2, 0.25) is 0 Å². The molecule has 0 aliphatic heterocycles. The van der Waals surface area contributed by atoms with Crippen LogP contribution in [0.25, 0.3) is 0 Å². The number of amides is 1. The van der Waals surface area contributed by atoms with E-state index in [9.17, 15) is 14.4 Å². The first-order valence-electron chi connectivity index (χ1n) is 9.69. The van der Waals surface area contributed by atoms with E-state index in [1.54, 1.807) is 6.07 Å². The smallest absolute Gasteiger partial charge is 0.330 e. The average molecular weight is 386 g/mol. The van der Waals surface area contributed by atoms with E-state index in [1.165, 1.54) is 9.47 Å². The number of nitrogens with two attached hydrogens (primary N) is 1. The standard InChI is InChI=1S/C21H30N4O3/c1-6-7-10-24-18(22)17(19(26)23-21(24)28)25(12-13(2)3)20(27)16-9-8-14(4)15(5)11-16/h8-9,11,13H,6-7,10,12,22H2,1-5H3,(H,23,26,28). The molecule has 28 heavy (non-hydrogen) atoms. The number of carbonyl (C=O) groups is 1. The quantitative estimate of drug-likeness (QED) is 0.764. The highest BCUT2D eigenvalue weighted by Crippen LogP contribution is 2.22. The van der Waals surface area contributed by atoms with Gasteiger partial charge in [-0.1, -0.05) is 33.3 Å². The van der Waals surface area contributed by atoms with E-state index in [-0.39, 0.29) is 23.3 Å². The first-order chi connectivity index (χ1) is 13.2. The highest BCUT2D eigenvalue weighted by molar-refractivity contribution is 6.07. The van der Waals surface area contributed by atoms with Crippen LogP contribution in [0.4, 0.5) is 11.5 Å². The summed E-state index contributed by atoms with van der Waals surface area (Å²) in [4.78, 5) is 41.8. The van der Waals surface area contributed by atoms with E-state index in [2.05, 4.69) is 4.98 Å². The van der Waals surface area contributed by atoms with Crippen molar-refractivity contribution in [2.45, 2.75) is 54.0 Å². The third-order valence-electron chi connectivity index (χ3n) is 4.77. The van der Waals surface area contributed by atoms with Crippen molar-refractivity contribution in [2.75, 3.05) is 17.2 Å². The maximum atomic E-state index is 13.3. The number of carbonyl (C=O) groups excluding carboxylic acids is 1. The van der Waals surface area contributed by atoms with E-state index in [1.807, 2.05) is 46.8 Å².